The number of thioether (sulfide) groups is 1. The first-order valence-electron chi connectivity index (χ1n) is 6.44. The summed E-state index contributed by atoms with van der Waals surface area (Å²) in [7, 11) is 0. The average Bonchev–Trinajstić information content (AvgIpc) is 2.20. The van der Waals surface area contributed by atoms with Gasteiger partial charge >= 0.3 is 5.43 Å². The zero-order chi connectivity index (χ0) is 15.1. The molecule has 0 spiro atoms. The van der Waals surface area contributed by atoms with Crippen LogP contribution in [0.25, 0.3) is 0 Å². The zero-order valence-electron chi connectivity index (χ0n) is 12.7. The SMILES string of the molecule is CC(C)CC(C)(/N=N/C(C)(C)C)SCCOC(=O)Cl. The van der Waals surface area contributed by atoms with Crippen LogP contribution in [0.5, 0.6) is 0 Å². The van der Waals surface area contributed by atoms with E-state index in [1.165, 1.54) is 0 Å². The van der Waals surface area contributed by atoms with Gasteiger partial charge in [-0.05, 0) is 40.0 Å². The molecule has 0 aromatic heterocycles. The van der Waals surface area contributed by atoms with Gasteiger partial charge < -0.3 is 4.74 Å². The van der Waals surface area contributed by atoms with Crippen LogP contribution in [0.2, 0.25) is 0 Å². The molecule has 0 aliphatic heterocycles. The average molecular weight is 309 g/mol. The smallest absolute Gasteiger partial charge is 0.403 e. The van der Waals surface area contributed by atoms with Gasteiger partial charge in [0, 0.05) is 17.4 Å². The molecule has 0 aromatic carbocycles. The number of rotatable bonds is 7. The summed E-state index contributed by atoms with van der Waals surface area (Å²) < 4.78 is 4.72. The fraction of sp³-hybridized carbons (Fsp3) is 0.923. The Kier molecular flexibility index (Phi) is 7.98. The summed E-state index contributed by atoms with van der Waals surface area (Å²) in [6.45, 7) is 12.7. The molecule has 0 aliphatic carbocycles. The van der Waals surface area contributed by atoms with Crippen molar-refractivity contribution in [1.29, 1.82) is 0 Å². The molecular formula is C13H25ClN2O2S. The highest BCUT2D eigenvalue weighted by Crippen LogP contribution is 2.34. The van der Waals surface area contributed by atoms with Gasteiger partial charge in [-0.15, -0.1) is 11.8 Å². The normalized spacial score (nSPS) is 15.8. The van der Waals surface area contributed by atoms with Gasteiger partial charge in [0.25, 0.3) is 0 Å². The van der Waals surface area contributed by atoms with Crippen LogP contribution in [0.4, 0.5) is 4.79 Å². The van der Waals surface area contributed by atoms with Crippen LogP contribution in [0, 0.1) is 5.92 Å². The number of hydrogen-bond donors (Lipinski definition) is 0. The molecule has 0 amide bonds. The third kappa shape index (κ3) is 11.3. The summed E-state index contributed by atoms with van der Waals surface area (Å²) in [5.74, 6) is 1.18. The summed E-state index contributed by atoms with van der Waals surface area (Å²) in [6.07, 6.45) is 0.923. The van der Waals surface area contributed by atoms with Crippen molar-refractivity contribution in [2.45, 2.75) is 58.4 Å². The molecule has 0 aliphatic rings. The molecule has 112 valence electrons. The van der Waals surface area contributed by atoms with Crippen molar-refractivity contribution < 1.29 is 9.53 Å². The number of halogens is 1. The molecular weight excluding hydrogens is 284 g/mol. The number of azo groups is 1. The summed E-state index contributed by atoms with van der Waals surface area (Å²) in [5, 5.41) is 8.86. The van der Waals surface area contributed by atoms with E-state index in [2.05, 4.69) is 31.0 Å². The van der Waals surface area contributed by atoms with Crippen molar-refractivity contribution in [2.24, 2.45) is 16.1 Å². The van der Waals surface area contributed by atoms with Gasteiger partial charge in [0.2, 0.25) is 0 Å². The molecule has 0 saturated heterocycles. The van der Waals surface area contributed by atoms with Crippen LogP contribution in [-0.2, 0) is 4.74 Å². The van der Waals surface area contributed by atoms with E-state index >= 15 is 0 Å². The molecule has 0 saturated carbocycles. The molecule has 0 heterocycles. The van der Waals surface area contributed by atoms with E-state index in [1.54, 1.807) is 11.8 Å². The minimum atomic E-state index is -0.762. The molecule has 1 atom stereocenters. The first-order chi connectivity index (χ1) is 8.54. The second-order valence-corrected chi connectivity index (χ2v) is 7.96. The third-order valence-corrected chi connectivity index (χ3v) is 3.41. The van der Waals surface area contributed by atoms with Gasteiger partial charge in [-0.3, -0.25) is 0 Å². The van der Waals surface area contributed by atoms with Crippen LogP contribution >= 0.6 is 23.4 Å². The maximum Gasteiger partial charge on any atom is 0.403 e. The molecule has 19 heavy (non-hydrogen) atoms. The number of ether oxygens (including phenoxy) is 1. The molecule has 1 unspecified atom stereocenters. The van der Waals surface area contributed by atoms with Crippen molar-refractivity contribution in [3.63, 3.8) is 0 Å². The maximum absolute atomic E-state index is 10.5. The molecule has 0 aromatic rings. The van der Waals surface area contributed by atoms with Crippen LogP contribution in [-0.4, -0.2) is 28.2 Å². The Morgan fingerprint density at radius 1 is 1.26 bits per heavy atom. The second kappa shape index (κ2) is 8.10. The highest BCUT2D eigenvalue weighted by Gasteiger charge is 2.26. The highest BCUT2D eigenvalue weighted by atomic mass is 35.5. The standard InChI is InChI=1S/C13H25ClN2O2S/c1-10(2)9-13(6,16-15-12(3,4)5)19-8-7-18-11(14)17/h10H,7-9H2,1-6H3/b16-15+. The predicted octanol–water partition coefficient (Wildman–Crippen LogP) is 5.11. The number of carbonyl (C=O) groups is 1. The lowest BCUT2D eigenvalue weighted by atomic mass is 10.1. The van der Waals surface area contributed by atoms with Gasteiger partial charge in [-0.2, -0.15) is 10.2 Å². The van der Waals surface area contributed by atoms with Crippen molar-refractivity contribution in [3.8, 4) is 0 Å². The topological polar surface area (TPSA) is 51.0 Å². The summed E-state index contributed by atoms with van der Waals surface area (Å²) in [4.78, 5) is 10.2. The monoisotopic (exact) mass is 308 g/mol. The van der Waals surface area contributed by atoms with Crippen molar-refractivity contribution in [1.82, 2.24) is 0 Å². The molecule has 0 radical (unpaired) electrons. The van der Waals surface area contributed by atoms with E-state index in [0.717, 1.165) is 6.42 Å². The summed E-state index contributed by atoms with van der Waals surface area (Å²) in [5.41, 5.74) is -0.941. The van der Waals surface area contributed by atoms with Crippen LogP contribution in [0.3, 0.4) is 0 Å². The molecule has 0 N–H and O–H groups in total. The maximum atomic E-state index is 10.5. The second-order valence-electron chi connectivity index (χ2n) is 6.08. The zero-order valence-corrected chi connectivity index (χ0v) is 14.3. The lowest BCUT2D eigenvalue weighted by Gasteiger charge is -2.26. The van der Waals surface area contributed by atoms with Crippen LogP contribution in [0.15, 0.2) is 10.2 Å². The summed E-state index contributed by atoms with van der Waals surface area (Å²) in [6, 6.07) is 0. The third-order valence-electron chi connectivity index (χ3n) is 2.06. The lowest BCUT2D eigenvalue weighted by Crippen LogP contribution is -2.22. The minimum absolute atomic E-state index is 0.179. The van der Waals surface area contributed by atoms with E-state index in [4.69, 9.17) is 16.3 Å². The number of carbonyl (C=O) groups excluding carboxylic acids is 1. The van der Waals surface area contributed by atoms with E-state index in [9.17, 15) is 4.79 Å². The van der Waals surface area contributed by atoms with Crippen molar-refractivity contribution >= 4 is 28.8 Å². The minimum Gasteiger partial charge on any atom is -0.453 e. The quantitative estimate of drug-likeness (QED) is 0.373. The fourth-order valence-electron chi connectivity index (χ4n) is 1.53. The van der Waals surface area contributed by atoms with Gasteiger partial charge in [0.15, 0.2) is 0 Å². The number of hydrogen-bond acceptors (Lipinski definition) is 5. The molecule has 4 nitrogen and oxygen atoms in total. The van der Waals surface area contributed by atoms with Gasteiger partial charge in [-0.25, -0.2) is 4.79 Å². The van der Waals surface area contributed by atoms with E-state index in [1.807, 2.05) is 20.8 Å². The predicted molar refractivity (Wildman–Crippen MR) is 82.1 cm³/mol. The van der Waals surface area contributed by atoms with Gasteiger partial charge in [-0.1, -0.05) is 13.8 Å². The molecule has 6 heteroatoms. The Morgan fingerprint density at radius 3 is 2.26 bits per heavy atom. The first kappa shape index (κ1) is 18.7. The Hall–Kier alpha value is -0.290. The van der Waals surface area contributed by atoms with Crippen molar-refractivity contribution in [3.05, 3.63) is 0 Å². The molecule has 0 bridgehead atoms. The molecule has 0 rings (SSSR count). The van der Waals surface area contributed by atoms with Gasteiger partial charge in [0.05, 0.1) is 5.54 Å². The lowest BCUT2D eigenvalue weighted by molar-refractivity contribution is 0.181. The number of nitrogens with zero attached hydrogens (tertiary/aromatic N) is 2. The Balaban J connectivity index is 4.51. The van der Waals surface area contributed by atoms with Crippen LogP contribution < -0.4 is 0 Å². The Labute approximate surface area is 125 Å². The summed E-state index contributed by atoms with van der Waals surface area (Å²) >= 11 is 6.76. The van der Waals surface area contributed by atoms with Crippen LogP contribution in [0.1, 0.15) is 48.0 Å². The largest absolute Gasteiger partial charge is 0.453 e. The fourth-order valence-corrected chi connectivity index (χ4v) is 2.76. The van der Waals surface area contributed by atoms with Gasteiger partial charge in [0.1, 0.15) is 11.5 Å². The van der Waals surface area contributed by atoms with E-state index < -0.39 is 5.43 Å². The highest BCUT2D eigenvalue weighted by molar-refractivity contribution is 8.00. The molecule has 0 fully saturated rings. The van der Waals surface area contributed by atoms with E-state index in [-0.39, 0.29) is 10.4 Å². The first-order valence-corrected chi connectivity index (χ1v) is 7.81. The van der Waals surface area contributed by atoms with E-state index in [0.29, 0.717) is 18.3 Å². The Morgan fingerprint density at radius 2 is 1.84 bits per heavy atom. The van der Waals surface area contributed by atoms with Crippen molar-refractivity contribution in [2.75, 3.05) is 12.4 Å². The Bertz CT molecular complexity index is 316.